The number of aromatic nitrogens is 2. The highest BCUT2D eigenvalue weighted by Crippen LogP contribution is 2.12. The summed E-state index contributed by atoms with van der Waals surface area (Å²) in [5, 5.41) is 10.2. The molecule has 0 saturated heterocycles. The minimum absolute atomic E-state index is 0.0444. The molecule has 0 fully saturated rings. The molecule has 0 bridgehead atoms. The van der Waals surface area contributed by atoms with E-state index in [2.05, 4.69) is 15.7 Å². The molecule has 0 aliphatic carbocycles. The lowest BCUT2D eigenvalue weighted by Gasteiger charge is -2.22. The van der Waals surface area contributed by atoms with E-state index < -0.39 is 6.04 Å². The number of hydrogen-bond acceptors (Lipinski definition) is 3. The molecule has 0 saturated carbocycles. The van der Waals surface area contributed by atoms with Gasteiger partial charge in [-0.05, 0) is 37.7 Å². The second kappa shape index (κ2) is 8.85. The number of nitrogens with one attached hydrogen (secondary N) is 2. The van der Waals surface area contributed by atoms with Crippen molar-refractivity contribution >= 4 is 11.8 Å². The van der Waals surface area contributed by atoms with E-state index in [9.17, 15) is 9.59 Å². The van der Waals surface area contributed by atoms with Crippen LogP contribution in [0.3, 0.4) is 0 Å². The molecule has 1 heterocycles. The molecule has 0 aromatic carbocycles. The zero-order valence-electron chi connectivity index (χ0n) is 16.1. The lowest BCUT2D eigenvalue weighted by Crippen LogP contribution is -2.50. The number of nitrogens with zero attached hydrogens (tertiary/aromatic N) is 2. The van der Waals surface area contributed by atoms with Crippen LogP contribution in [0.5, 0.6) is 0 Å². The summed E-state index contributed by atoms with van der Waals surface area (Å²) >= 11 is 0. The second-order valence-corrected chi connectivity index (χ2v) is 7.20. The SMILES string of the molecule is Cc1nn(C)c(C)c1CCNC(=O)C(NC(=O)CC(C)C)C(C)C. The van der Waals surface area contributed by atoms with Crippen LogP contribution in [0.1, 0.15) is 51.1 Å². The van der Waals surface area contributed by atoms with Crippen molar-refractivity contribution < 1.29 is 9.59 Å². The minimum Gasteiger partial charge on any atom is -0.354 e. The average molecular weight is 336 g/mol. The Balaban J connectivity index is 2.58. The molecular formula is C18H32N4O2. The third-order valence-corrected chi connectivity index (χ3v) is 4.19. The van der Waals surface area contributed by atoms with Crippen molar-refractivity contribution in [1.82, 2.24) is 20.4 Å². The average Bonchev–Trinajstić information content (AvgIpc) is 2.69. The Morgan fingerprint density at radius 3 is 2.25 bits per heavy atom. The topological polar surface area (TPSA) is 76.0 Å². The Labute approximate surface area is 145 Å². The zero-order valence-corrected chi connectivity index (χ0v) is 16.1. The maximum absolute atomic E-state index is 12.4. The number of hydrogen-bond donors (Lipinski definition) is 2. The second-order valence-electron chi connectivity index (χ2n) is 7.20. The summed E-state index contributed by atoms with van der Waals surface area (Å²) in [6, 6.07) is -0.493. The number of carbonyl (C=O) groups excluding carboxylic acids is 2. The number of aryl methyl sites for hydroxylation is 2. The van der Waals surface area contributed by atoms with Gasteiger partial charge in [0.2, 0.25) is 11.8 Å². The first-order chi connectivity index (χ1) is 11.1. The Kier molecular flexibility index (Phi) is 7.45. The Morgan fingerprint density at radius 1 is 1.17 bits per heavy atom. The van der Waals surface area contributed by atoms with Gasteiger partial charge in [-0.1, -0.05) is 27.7 Å². The van der Waals surface area contributed by atoms with E-state index in [1.807, 2.05) is 53.3 Å². The summed E-state index contributed by atoms with van der Waals surface area (Å²) in [6.45, 7) is 12.4. The van der Waals surface area contributed by atoms with Crippen molar-refractivity contribution in [3.63, 3.8) is 0 Å². The first kappa shape index (κ1) is 20.2. The minimum atomic E-state index is -0.493. The van der Waals surface area contributed by atoms with Crippen LogP contribution in [0.25, 0.3) is 0 Å². The fourth-order valence-electron chi connectivity index (χ4n) is 2.74. The molecule has 1 unspecified atom stereocenters. The highest BCUT2D eigenvalue weighted by Gasteiger charge is 2.24. The van der Waals surface area contributed by atoms with Gasteiger partial charge in [0, 0.05) is 25.7 Å². The van der Waals surface area contributed by atoms with Gasteiger partial charge in [0.15, 0.2) is 0 Å². The van der Waals surface area contributed by atoms with Crippen LogP contribution in [-0.4, -0.2) is 34.2 Å². The number of amides is 2. The molecule has 1 aromatic heterocycles. The monoisotopic (exact) mass is 336 g/mol. The number of rotatable bonds is 8. The van der Waals surface area contributed by atoms with Gasteiger partial charge in [-0.2, -0.15) is 5.10 Å². The van der Waals surface area contributed by atoms with E-state index in [4.69, 9.17) is 0 Å². The largest absolute Gasteiger partial charge is 0.354 e. The Bertz CT molecular complexity index is 576. The van der Waals surface area contributed by atoms with Gasteiger partial charge in [-0.25, -0.2) is 0 Å². The van der Waals surface area contributed by atoms with Crippen LogP contribution in [-0.2, 0) is 23.1 Å². The summed E-state index contributed by atoms with van der Waals surface area (Å²) in [6.07, 6.45) is 1.17. The van der Waals surface area contributed by atoms with Crippen molar-refractivity contribution in [2.45, 2.75) is 60.4 Å². The van der Waals surface area contributed by atoms with Crippen LogP contribution in [0.4, 0.5) is 0 Å². The van der Waals surface area contributed by atoms with Gasteiger partial charge in [-0.15, -0.1) is 0 Å². The van der Waals surface area contributed by atoms with Crippen LogP contribution in [0.2, 0.25) is 0 Å². The van der Waals surface area contributed by atoms with E-state index in [0.717, 1.165) is 17.8 Å². The van der Waals surface area contributed by atoms with Crippen molar-refractivity contribution in [2.75, 3.05) is 6.54 Å². The smallest absolute Gasteiger partial charge is 0.242 e. The highest BCUT2D eigenvalue weighted by atomic mass is 16.2. The molecule has 1 rings (SSSR count). The van der Waals surface area contributed by atoms with Crippen LogP contribution >= 0.6 is 0 Å². The maximum Gasteiger partial charge on any atom is 0.242 e. The van der Waals surface area contributed by atoms with Crippen LogP contribution in [0, 0.1) is 25.7 Å². The quantitative estimate of drug-likeness (QED) is 0.761. The summed E-state index contributed by atoms with van der Waals surface area (Å²) in [7, 11) is 1.92. The Hall–Kier alpha value is -1.85. The summed E-state index contributed by atoms with van der Waals surface area (Å²) in [4.78, 5) is 24.4. The van der Waals surface area contributed by atoms with Gasteiger partial charge in [0.1, 0.15) is 6.04 Å². The molecule has 0 aliphatic rings. The van der Waals surface area contributed by atoms with Gasteiger partial charge in [-0.3, -0.25) is 14.3 Å². The molecule has 6 heteroatoms. The van der Waals surface area contributed by atoms with E-state index in [1.54, 1.807) is 0 Å². The van der Waals surface area contributed by atoms with Crippen molar-refractivity contribution in [3.8, 4) is 0 Å². The van der Waals surface area contributed by atoms with Crippen LogP contribution < -0.4 is 10.6 Å². The van der Waals surface area contributed by atoms with Crippen LogP contribution in [0.15, 0.2) is 0 Å². The molecule has 6 nitrogen and oxygen atoms in total. The molecule has 1 atom stereocenters. The Morgan fingerprint density at radius 2 is 1.79 bits per heavy atom. The molecule has 136 valence electrons. The third kappa shape index (κ3) is 5.65. The van der Waals surface area contributed by atoms with Gasteiger partial charge in [0.25, 0.3) is 0 Å². The van der Waals surface area contributed by atoms with E-state index in [1.165, 1.54) is 5.56 Å². The summed E-state index contributed by atoms with van der Waals surface area (Å²) in [5.41, 5.74) is 3.28. The predicted octanol–water partition coefficient (Wildman–Crippen LogP) is 1.88. The summed E-state index contributed by atoms with van der Waals surface area (Å²) in [5.74, 6) is 0.125. The fraction of sp³-hybridized carbons (Fsp3) is 0.722. The molecule has 1 aromatic rings. The van der Waals surface area contributed by atoms with Crippen molar-refractivity contribution in [2.24, 2.45) is 18.9 Å². The zero-order chi connectivity index (χ0) is 18.4. The van der Waals surface area contributed by atoms with E-state index in [-0.39, 0.29) is 23.7 Å². The highest BCUT2D eigenvalue weighted by molar-refractivity contribution is 5.87. The first-order valence-corrected chi connectivity index (χ1v) is 8.69. The summed E-state index contributed by atoms with van der Waals surface area (Å²) < 4.78 is 1.86. The molecule has 2 amide bonds. The van der Waals surface area contributed by atoms with Gasteiger partial charge < -0.3 is 10.6 Å². The molecule has 2 N–H and O–H groups in total. The lowest BCUT2D eigenvalue weighted by atomic mass is 10.0. The molecule has 0 radical (unpaired) electrons. The van der Waals surface area contributed by atoms with Crippen molar-refractivity contribution in [1.29, 1.82) is 0 Å². The normalized spacial score (nSPS) is 12.5. The predicted molar refractivity (Wildman–Crippen MR) is 95.6 cm³/mol. The van der Waals surface area contributed by atoms with Gasteiger partial charge >= 0.3 is 0 Å². The lowest BCUT2D eigenvalue weighted by molar-refractivity contribution is -0.130. The van der Waals surface area contributed by atoms with Gasteiger partial charge in [0.05, 0.1) is 5.69 Å². The van der Waals surface area contributed by atoms with Crippen molar-refractivity contribution in [3.05, 3.63) is 17.0 Å². The maximum atomic E-state index is 12.4. The fourth-order valence-corrected chi connectivity index (χ4v) is 2.74. The van der Waals surface area contributed by atoms with E-state index >= 15 is 0 Å². The number of carbonyl (C=O) groups is 2. The molecular weight excluding hydrogens is 304 g/mol. The third-order valence-electron chi connectivity index (χ3n) is 4.19. The molecule has 0 spiro atoms. The first-order valence-electron chi connectivity index (χ1n) is 8.69. The van der Waals surface area contributed by atoms with E-state index in [0.29, 0.717) is 13.0 Å². The molecule has 0 aliphatic heterocycles. The molecule has 24 heavy (non-hydrogen) atoms. The standard InChI is InChI=1S/C18H32N4O2/c1-11(2)10-16(23)20-17(12(3)4)18(24)19-9-8-15-13(5)21-22(7)14(15)6/h11-12,17H,8-10H2,1-7H3,(H,19,24)(H,20,23).